The summed E-state index contributed by atoms with van der Waals surface area (Å²) >= 11 is 0. The third kappa shape index (κ3) is 5.18. The maximum absolute atomic E-state index is 3.87. The van der Waals surface area contributed by atoms with Gasteiger partial charge in [0.15, 0.2) is 0 Å². The highest BCUT2D eigenvalue weighted by molar-refractivity contribution is 14.0. The molecule has 0 spiro atoms. The minimum Gasteiger partial charge on any atom is -0.303 e. The van der Waals surface area contributed by atoms with E-state index >= 15 is 0 Å². The third-order valence-electron chi connectivity index (χ3n) is 4.29. The molecule has 1 aliphatic carbocycles. The summed E-state index contributed by atoms with van der Waals surface area (Å²) in [5.74, 6) is 0. The molecule has 2 atom stereocenters. The number of hydrogen-bond acceptors (Lipinski definition) is 1. The molecule has 0 saturated carbocycles. The Hall–Kier alpha value is -1.13. The predicted molar refractivity (Wildman–Crippen MR) is 113 cm³/mol. The first-order chi connectivity index (χ1) is 10.8. The predicted octanol–water partition coefficient (Wildman–Crippen LogP) is 6.10. The number of benzene rings is 2. The molecule has 0 amide bonds. The van der Waals surface area contributed by atoms with Crippen LogP contribution in [0.25, 0.3) is 0 Å². The Morgan fingerprint density at radius 2 is 1.70 bits per heavy atom. The number of aryl methyl sites for hydroxylation is 1. The third-order valence-corrected chi connectivity index (χ3v) is 4.29. The van der Waals surface area contributed by atoms with Crippen LogP contribution in [-0.2, 0) is 0 Å². The minimum absolute atomic E-state index is 0. The number of nitrogens with one attached hydrogen (secondary N) is 1. The average molecular weight is 422 g/mol. The molecule has 0 bridgehead atoms. The van der Waals surface area contributed by atoms with Crippen molar-refractivity contribution in [2.24, 2.45) is 0 Å². The maximum Gasteiger partial charge on any atom is 0.0579 e. The van der Waals surface area contributed by atoms with Gasteiger partial charge in [-0.1, -0.05) is 78.7 Å². The lowest BCUT2D eigenvalue weighted by molar-refractivity contribution is 0.458. The highest BCUT2D eigenvalue weighted by atomic mass is 127. The summed E-state index contributed by atoms with van der Waals surface area (Å²) < 4.78 is 0. The lowest BCUT2D eigenvalue weighted by Crippen LogP contribution is -2.33. The van der Waals surface area contributed by atoms with Gasteiger partial charge in [-0.2, -0.15) is 0 Å². The molecule has 0 saturated heterocycles. The lowest BCUT2D eigenvalue weighted by atomic mass is 9.95. The van der Waals surface area contributed by atoms with E-state index in [9.17, 15) is 0 Å². The van der Waals surface area contributed by atoms with Crippen LogP contribution in [0, 0.1) is 13.3 Å². The molecular weight excluding hydrogens is 393 g/mol. The highest BCUT2D eigenvalue weighted by Crippen LogP contribution is 2.28. The zero-order valence-electron chi connectivity index (χ0n) is 13.8. The maximum atomic E-state index is 3.87. The van der Waals surface area contributed by atoms with Gasteiger partial charge in [0.1, 0.15) is 0 Å². The zero-order chi connectivity index (χ0) is 15.4. The van der Waals surface area contributed by atoms with Gasteiger partial charge in [0.2, 0.25) is 0 Å². The van der Waals surface area contributed by atoms with E-state index in [-0.39, 0.29) is 32.9 Å². The van der Waals surface area contributed by atoms with Crippen molar-refractivity contribution in [2.45, 2.75) is 38.8 Å². The second-order valence-corrected chi connectivity index (χ2v) is 6.14. The smallest absolute Gasteiger partial charge is 0.0579 e. The highest BCUT2D eigenvalue weighted by Gasteiger charge is 2.20. The molecule has 2 heteroatoms. The molecule has 2 aromatic carbocycles. The summed E-state index contributed by atoms with van der Waals surface area (Å²) in [7, 11) is 0. The Bertz CT molecular complexity index is 658. The molecule has 125 valence electrons. The van der Waals surface area contributed by atoms with E-state index in [1.54, 1.807) is 0 Å². The zero-order valence-corrected chi connectivity index (χ0v) is 16.2. The van der Waals surface area contributed by atoms with Gasteiger partial charge in [0.25, 0.3) is 0 Å². The molecule has 2 aromatic rings. The summed E-state index contributed by atoms with van der Waals surface area (Å²) in [6.07, 6.45) is 6.70. The van der Waals surface area contributed by atoms with Crippen LogP contribution in [0.15, 0.2) is 66.2 Å². The Balaban J connectivity index is 0.00000192. The van der Waals surface area contributed by atoms with Gasteiger partial charge in [0, 0.05) is 15.3 Å². The molecule has 1 nitrogen and oxygen atoms in total. The first-order valence-electron chi connectivity index (χ1n) is 8.17. The fourth-order valence-corrected chi connectivity index (χ4v) is 2.92. The standard InChI is InChI=1S/C21H24N.HI.2H2/c1-3-20(15-17-12-13-17)22-21(18-9-5-4-6-10-18)19-11-7-8-16(2)14-19;;;/h4-14,20-22H,3,15H2,1-2H3;3*1H. The fourth-order valence-electron chi connectivity index (χ4n) is 2.92. The van der Waals surface area contributed by atoms with Gasteiger partial charge < -0.3 is 5.32 Å². The Labute approximate surface area is 160 Å². The van der Waals surface area contributed by atoms with E-state index in [0.29, 0.717) is 6.04 Å². The van der Waals surface area contributed by atoms with Crippen LogP contribution in [0.4, 0.5) is 0 Å². The van der Waals surface area contributed by atoms with Gasteiger partial charge in [-0.05, 0) is 30.9 Å². The molecule has 0 heterocycles. The summed E-state index contributed by atoms with van der Waals surface area (Å²) in [4.78, 5) is 0. The van der Waals surface area contributed by atoms with Crippen LogP contribution in [0.2, 0.25) is 0 Å². The van der Waals surface area contributed by atoms with Crippen LogP contribution in [0.5, 0.6) is 0 Å². The van der Waals surface area contributed by atoms with Crippen molar-refractivity contribution in [2.75, 3.05) is 0 Å². The summed E-state index contributed by atoms with van der Waals surface area (Å²) in [5.41, 5.74) is 5.47. The van der Waals surface area contributed by atoms with Gasteiger partial charge in [-0.25, -0.2) is 0 Å². The van der Waals surface area contributed by atoms with Crippen molar-refractivity contribution in [1.29, 1.82) is 0 Å². The molecule has 0 aromatic heterocycles. The molecule has 1 N–H and O–H groups in total. The second kappa shape index (κ2) is 8.65. The van der Waals surface area contributed by atoms with E-state index in [0.717, 1.165) is 12.8 Å². The SMILES string of the molecule is CCC(CC1=C[CH]1)NC(c1ccccc1)c1cccc(C)c1.I.[HH].[HH]. The normalized spacial score (nSPS) is 15.3. The quantitative estimate of drug-likeness (QED) is 0.532. The summed E-state index contributed by atoms with van der Waals surface area (Å²) in [5, 5.41) is 3.87. The van der Waals surface area contributed by atoms with E-state index in [1.807, 2.05) is 0 Å². The van der Waals surface area contributed by atoms with E-state index < -0.39 is 0 Å². The Morgan fingerprint density at radius 1 is 1.00 bits per heavy atom. The molecule has 23 heavy (non-hydrogen) atoms. The monoisotopic (exact) mass is 422 g/mol. The largest absolute Gasteiger partial charge is 0.303 e. The molecule has 2 unspecified atom stereocenters. The van der Waals surface area contributed by atoms with Crippen molar-refractivity contribution in [3.8, 4) is 0 Å². The fraction of sp³-hybridized carbons (Fsp3) is 0.286. The number of hydrogen-bond donors (Lipinski definition) is 1. The Morgan fingerprint density at radius 3 is 2.30 bits per heavy atom. The molecular formula is C21H29IN. The van der Waals surface area contributed by atoms with Crippen molar-refractivity contribution in [3.63, 3.8) is 0 Å². The van der Waals surface area contributed by atoms with E-state index in [4.69, 9.17) is 0 Å². The first-order valence-corrected chi connectivity index (χ1v) is 8.17. The Kier molecular flexibility index (Phi) is 6.85. The average Bonchev–Trinajstić information content (AvgIpc) is 3.36. The summed E-state index contributed by atoms with van der Waals surface area (Å²) in [6, 6.07) is 20.4. The number of allylic oxidation sites excluding steroid dienone is 1. The van der Waals surface area contributed by atoms with Gasteiger partial charge in [0.05, 0.1) is 6.04 Å². The van der Waals surface area contributed by atoms with Crippen LogP contribution in [-0.4, -0.2) is 6.04 Å². The van der Waals surface area contributed by atoms with Crippen molar-refractivity contribution in [3.05, 3.63) is 89.4 Å². The van der Waals surface area contributed by atoms with Crippen LogP contribution in [0.3, 0.4) is 0 Å². The topological polar surface area (TPSA) is 12.0 Å². The first kappa shape index (κ1) is 18.2. The lowest BCUT2D eigenvalue weighted by Gasteiger charge is -2.26. The van der Waals surface area contributed by atoms with Gasteiger partial charge in [-0.3, -0.25) is 0 Å². The van der Waals surface area contributed by atoms with Gasteiger partial charge in [-0.15, -0.1) is 24.0 Å². The molecule has 0 fully saturated rings. The minimum atomic E-state index is 0. The molecule has 1 radical (unpaired) electrons. The van der Waals surface area contributed by atoms with E-state index in [2.05, 4.69) is 86.3 Å². The summed E-state index contributed by atoms with van der Waals surface area (Å²) in [6.45, 7) is 4.42. The van der Waals surface area contributed by atoms with Gasteiger partial charge >= 0.3 is 0 Å². The van der Waals surface area contributed by atoms with Crippen LogP contribution in [0.1, 0.15) is 45.4 Å². The molecule has 3 rings (SSSR count). The van der Waals surface area contributed by atoms with Crippen molar-refractivity contribution >= 4 is 24.0 Å². The second-order valence-electron chi connectivity index (χ2n) is 6.14. The van der Waals surface area contributed by atoms with Crippen molar-refractivity contribution < 1.29 is 2.85 Å². The molecule has 0 aliphatic heterocycles. The van der Waals surface area contributed by atoms with Crippen LogP contribution >= 0.6 is 24.0 Å². The van der Waals surface area contributed by atoms with Crippen LogP contribution < -0.4 is 5.32 Å². The van der Waals surface area contributed by atoms with Crippen molar-refractivity contribution in [1.82, 2.24) is 5.32 Å². The number of halogens is 1. The number of rotatable bonds is 7. The molecule has 1 aliphatic rings. The van der Waals surface area contributed by atoms with E-state index in [1.165, 1.54) is 22.3 Å².